The number of alkyl halides is 6. The summed E-state index contributed by atoms with van der Waals surface area (Å²) in [6.45, 7) is 1.59. The van der Waals surface area contributed by atoms with Gasteiger partial charge in [-0.25, -0.2) is 4.79 Å². The van der Waals surface area contributed by atoms with Gasteiger partial charge < -0.3 is 10.4 Å². The van der Waals surface area contributed by atoms with Gasteiger partial charge >= 0.3 is 24.2 Å². The Morgan fingerprint density at radius 1 is 1.07 bits per heavy atom. The van der Waals surface area contributed by atoms with Gasteiger partial charge in [-0.1, -0.05) is 30.3 Å². The molecule has 0 unspecified atom stereocenters. The summed E-state index contributed by atoms with van der Waals surface area (Å²) in [5.41, 5.74) is -0.328. The molecule has 0 aliphatic carbocycles. The highest BCUT2D eigenvalue weighted by Crippen LogP contribution is 2.25. The van der Waals surface area contributed by atoms with Gasteiger partial charge in [0.05, 0.1) is 6.07 Å². The predicted octanol–water partition coefficient (Wildman–Crippen LogP) is 2.86. The molecule has 160 valence electrons. The van der Waals surface area contributed by atoms with E-state index < -0.39 is 29.8 Å². The zero-order chi connectivity index (χ0) is 22.3. The number of nitriles is 1. The largest absolute Gasteiger partial charge is 0.490 e. The SMILES string of the molecule is N#CC1(NC(=O)C(F)(F)F)CCN(Cc2ccccc2)CC1.O=C(O)C(F)(F)F. The average molecular weight is 425 g/mol. The van der Waals surface area contributed by atoms with E-state index in [9.17, 15) is 36.4 Å². The molecule has 0 saturated carbocycles. The van der Waals surface area contributed by atoms with Gasteiger partial charge in [0.1, 0.15) is 5.54 Å². The van der Waals surface area contributed by atoms with Crippen LogP contribution < -0.4 is 5.32 Å². The van der Waals surface area contributed by atoms with E-state index in [2.05, 4.69) is 4.90 Å². The third-order valence-electron chi connectivity index (χ3n) is 4.03. The summed E-state index contributed by atoms with van der Waals surface area (Å²) in [4.78, 5) is 22.0. The highest BCUT2D eigenvalue weighted by atomic mass is 19.4. The summed E-state index contributed by atoms with van der Waals surface area (Å²) in [5.74, 6) is -4.81. The maximum absolute atomic E-state index is 12.3. The number of halogens is 6. The monoisotopic (exact) mass is 425 g/mol. The van der Waals surface area contributed by atoms with E-state index >= 15 is 0 Å². The molecule has 1 saturated heterocycles. The lowest BCUT2D eigenvalue weighted by molar-refractivity contribution is -0.192. The lowest BCUT2D eigenvalue weighted by Crippen LogP contribution is -2.57. The molecule has 2 rings (SSSR count). The zero-order valence-corrected chi connectivity index (χ0v) is 14.8. The van der Waals surface area contributed by atoms with Gasteiger partial charge in [-0.05, 0) is 18.4 Å². The molecule has 1 aliphatic heterocycles. The van der Waals surface area contributed by atoms with Crippen LogP contribution in [0.4, 0.5) is 26.3 Å². The summed E-state index contributed by atoms with van der Waals surface area (Å²) in [6.07, 6.45) is -9.69. The van der Waals surface area contributed by atoms with E-state index in [1.807, 2.05) is 41.7 Å². The second-order valence-electron chi connectivity index (χ2n) is 6.21. The smallest absolute Gasteiger partial charge is 0.475 e. The number of carboxylic acid groups (broad SMARTS) is 1. The molecule has 0 spiro atoms. The fourth-order valence-electron chi connectivity index (χ4n) is 2.49. The number of carbonyl (C=O) groups is 2. The Hall–Kier alpha value is -2.81. The first kappa shape index (κ1) is 24.2. The quantitative estimate of drug-likeness (QED) is 0.727. The first-order chi connectivity index (χ1) is 13.3. The number of nitrogens with one attached hydrogen (secondary N) is 1. The molecular formula is C17H17F6N3O3. The Kier molecular flexibility index (Phi) is 8.02. The van der Waals surface area contributed by atoms with Gasteiger partial charge in [0.15, 0.2) is 0 Å². The second kappa shape index (κ2) is 9.60. The van der Waals surface area contributed by atoms with Crippen LogP contribution in [0.2, 0.25) is 0 Å². The summed E-state index contributed by atoms with van der Waals surface area (Å²) >= 11 is 0. The molecule has 29 heavy (non-hydrogen) atoms. The Morgan fingerprint density at radius 3 is 1.93 bits per heavy atom. The molecule has 1 aliphatic rings. The van der Waals surface area contributed by atoms with Crippen molar-refractivity contribution >= 4 is 11.9 Å². The molecule has 1 heterocycles. The average Bonchev–Trinajstić information content (AvgIpc) is 2.63. The van der Waals surface area contributed by atoms with Crippen LogP contribution in [0, 0.1) is 11.3 Å². The number of hydrogen-bond acceptors (Lipinski definition) is 4. The number of rotatable bonds is 3. The van der Waals surface area contributed by atoms with Gasteiger partial charge in [-0.2, -0.15) is 31.6 Å². The minimum absolute atomic E-state index is 0.179. The molecule has 0 atom stereocenters. The molecule has 0 radical (unpaired) electrons. The molecule has 1 fully saturated rings. The minimum Gasteiger partial charge on any atom is -0.475 e. The maximum Gasteiger partial charge on any atom is 0.490 e. The molecule has 0 bridgehead atoms. The Bertz CT molecular complexity index is 736. The fourth-order valence-corrected chi connectivity index (χ4v) is 2.49. The lowest BCUT2D eigenvalue weighted by Gasteiger charge is -2.37. The number of likely N-dealkylation sites (tertiary alicyclic amines) is 1. The van der Waals surface area contributed by atoms with E-state index in [0.717, 1.165) is 5.56 Å². The fraction of sp³-hybridized carbons (Fsp3) is 0.471. The van der Waals surface area contributed by atoms with Gasteiger partial charge in [-0.3, -0.25) is 9.69 Å². The number of piperidine rings is 1. The van der Waals surface area contributed by atoms with Crippen LogP contribution in [-0.2, 0) is 16.1 Å². The third kappa shape index (κ3) is 7.98. The number of amides is 1. The topological polar surface area (TPSA) is 93.4 Å². The molecule has 1 aromatic rings. The highest BCUT2D eigenvalue weighted by molar-refractivity contribution is 5.82. The number of carbonyl (C=O) groups excluding carboxylic acids is 1. The van der Waals surface area contributed by atoms with Crippen LogP contribution >= 0.6 is 0 Å². The first-order valence-electron chi connectivity index (χ1n) is 8.16. The molecule has 2 N–H and O–H groups in total. The first-order valence-corrected chi connectivity index (χ1v) is 8.16. The molecule has 12 heteroatoms. The van der Waals surface area contributed by atoms with Crippen molar-refractivity contribution in [3.8, 4) is 6.07 Å². The molecule has 0 aromatic heterocycles. The Labute approximate surface area is 161 Å². The van der Waals surface area contributed by atoms with Gasteiger partial charge in [0.2, 0.25) is 0 Å². The van der Waals surface area contributed by atoms with E-state index in [1.54, 1.807) is 0 Å². The maximum atomic E-state index is 12.3. The van der Waals surface area contributed by atoms with Crippen molar-refractivity contribution in [2.75, 3.05) is 13.1 Å². The summed E-state index contributed by atoms with van der Waals surface area (Å²) < 4.78 is 68.8. The van der Waals surface area contributed by atoms with E-state index in [1.165, 1.54) is 0 Å². The summed E-state index contributed by atoms with van der Waals surface area (Å²) in [6, 6.07) is 11.5. The zero-order valence-electron chi connectivity index (χ0n) is 14.8. The van der Waals surface area contributed by atoms with Crippen molar-refractivity contribution in [3.05, 3.63) is 35.9 Å². The number of benzene rings is 1. The second-order valence-corrected chi connectivity index (χ2v) is 6.21. The van der Waals surface area contributed by atoms with Crippen molar-refractivity contribution in [2.45, 2.75) is 37.3 Å². The van der Waals surface area contributed by atoms with Crippen molar-refractivity contribution in [2.24, 2.45) is 0 Å². The van der Waals surface area contributed by atoms with E-state index in [-0.39, 0.29) is 12.8 Å². The van der Waals surface area contributed by atoms with Crippen LogP contribution in [0.5, 0.6) is 0 Å². The molecule has 1 amide bonds. The number of hydrogen-bond donors (Lipinski definition) is 2. The van der Waals surface area contributed by atoms with Crippen molar-refractivity contribution < 1.29 is 41.0 Å². The Balaban J connectivity index is 0.000000516. The van der Waals surface area contributed by atoms with Crippen LogP contribution in [0.25, 0.3) is 0 Å². The van der Waals surface area contributed by atoms with Crippen molar-refractivity contribution in [1.82, 2.24) is 10.2 Å². The highest BCUT2D eigenvalue weighted by Gasteiger charge is 2.45. The van der Waals surface area contributed by atoms with Crippen LogP contribution in [0.1, 0.15) is 18.4 Å². The van der Waals surface area contributed by atoms with Crippen molar-refractivity contribution in [1.29, 1.82) is 5.26 Å². The summed E-state index contributed by atoms with van der Waals surface area (Å²) in [5, 5.41) is 18.2. The number of aliphatic carboxylic acids is 1. The number of nitrogens with zero attached hydrogens (tertiary/aromatic N) is 2. The van der Waals surface area contributed by atoms with Crippen LogP contribution in [0.3, 0.4) is 0 Å². The van der Waals surface area contributed by atoms with E-state index in [4.69, 9.17) is 9.90 Å². The van der Waals surface area contributed by atoms with Gasteiger partial charge in [0, 0.05) is 19.6 Å². The normalized spacial score (nSPS) is 16.7. The number of carboxylic acids is 1. The predicted molar refractivity (Wildman–Crippen MR) is 87.2 cm³/mol. The van der Waals surface area contributed by atoms with Crippen molar-refractivity contribution in [3.63, 3.8) is 0 Å². The van der Waals surface area contributed by atoms with Gasteiger partial charge in [0.25, 0.3) is 0 Å². The van der Waals surface area contributed by atoms with Crippen LogP contribution in [-0.4, -0.2) is 52.9 Å². The molecular weight excluding hydrogens is 408 g/mol. The molecule has 6 nitrogen and oxygen atoms in total. The lowest BCUT2D eigenvalue weighted by atomic mass is 9.88. The van der Waals surface area contributed by atoms with Gasteiger partial charge in [-0.15, -0.1) is 0 Å². The molecule has 1 aromatic carbocycles. The minimum atomic E-state index is -5.08. The summed E-state index contributed by atoms with van der Waals surface area (Å²) in [7, 11) is 0. The Morgan fingerprint density at radius 2 is 1.55 bits per heavy atom. The van der Waals surface area contributed by atoms with E-state index in [0.29, 0.717) is 19.6 Å². The standard InChI is InChI=1S/C15H16F3N3O.C2HF3O2/c16-15(17,18)13(22)20-14(11-19)6-8-21(9-7-14)10-12-4-2-1-3-5-12;3-2(4,5)1(6)7/h1-5H,6-10H2,(H,20,22);(H,6,7). The third-order valence-corrected chi connectivity index (χ3v) is 4.03. The van der Waals surface area contributed by atoms with Crippen LogP contribution in [0.15, 0.2) is 30.3 Å².